The Morgan fingerprint density at radius 3 is 2.37 bits per heavy atom. The van der Waals surface area contributed by atoms with Gasteiger partial charge in [-0.25, -0.2) is 0 Å². The summed E-state index contributed by atoms with van der Waals surface area (Å²) in [5.74, 6) is -0.135. The largest absolute Gasteiger partial charge is 0.489 e. The molecule has 1 atom stereocenters. The van der Waals surface area contributed by atoms with Gasteiger partial charge in [-0.1, -0.05) is 59.1 Å². The van der Waals surface area contributed by atoms with Crippen LogP contribution in [0.25, 0.3) is 5.70 Å². The Bertz CT molecular complexity index is 1470. The van der Waals surface area contributed by atoms with Crippen molar-refractivity contribution in [3.8, 4) is 5.75 Å². The van der Waals surface area contributed by atoms with E-state index in [-0.39, 0.29) is 29.8 Å². The molecule has 0 radical (unpaired) electrons. The molecule has 1 fully saturated rings. The molecular formula is C30H24Cl3NO4. The van der Waals surface area contributed by atoms with Gasteiger partial charge in [0.1, 0.15) is 18.6 Å². The summed E-state index contributed by atoms with van der Waals surface area (Å²) in [5, 5.41) is 1.10. The average molecular weight is 569 g/mol. The zero-order chi connectivity index (χ0) is 27.0. The molecule has 0 aromatic heterocycles. The predicted molar refractivity (Wildman–Crippen MR) is 149 cm³/mol. The molecule has 1 unspecified atom stereocenters. The van der Waals surface area contributed by atoms with E-state index in [2.05, 4.69) is 0 Å². The standard InChI is InChI=1S/C30H24Cl3NO4/c31-24-2-1-3-25(32)27(24)28(34)23(29(36)17-5-6-17)15-38-19-8-11-21(26(33)13-19)22-10-7-18-12-16(14-35)4-9-20(18)30(22)37/h1-4,8-9,11-14,17,22H,5-7,10,15,34H2. The molecule has 0 heterocycles. The first-order valence-corrected chi connectivity index (χ1v) is 13.4. The Kier molecular flexibility index (Phi) is 7.62. The third-order valence-corrected chi connectivity index (χ3v) is 8.04. The van der Waals surface area contributed by atoms with Gasteiger partial charge in [-0.2, -0.15) is 0 Å². The van der Waals surface area contributed by atoms with Crippen LogP contribution < -0.4 is 10.5 Å². The fourth-order valence-electron chi connectivity index (χ4n) is 4.86. The maximum atomic E-state index is 13.2. The summed E-state index contributed by atoms with van der Waals surface area (Å²) in [6, 6.07) is 15.3. The Balaban J connectivity index is 1.38. The molecule has 5 nitrogen and oxygen atoms in total. The van der Waals surface area contributed by atoms with Crippen molar-refractivity contribution in [3.05, 3.63) is 103 Å². The molecule has 3 aromatic carbocycles. The average Bonchev–Trinajstić information content (AvgIpc) is 3.75. The van der Waals surface area contributed by atoms with Crippen LogP contribution in [0.1, 0.15) is 62.6 Å². The SMILES string of the molecule is NC(=C(COc1ccc(C2CCc3cc(C=O)ccc3C2=O)c(Cl)c1)C(=O)C1CC1)c1c(Cl)cccc1Cl. The maximum Gasteiger partial charge on any atom is 0.170 e. The van der Waals surface area contributed by atoms with Gasteiger partial charge in [-0.3, -0.25) is 14.4 Å². The van der Waals surface area contributed by atoms with Gasteiger partial charge in [0.2, 0.25) is 0 Å². The number of nitrogens with two attached hydrogens (primary N) is 1. The van der Waals surface area contributed by atoms with Crippen molar-refractivity contribution in [1.29, 1.82) is 0 Å². The summed E-state index contributed by atoms with van der Waals surface area (Å²) in [6.45, 7) is -0.0762. The normalized spacial score (nSPS) is 17.4. The lowest BCUT2D eigenvalue weighted by Crippen LogP contribution is -2.21. The number of aryl methyl sites for hydroxylation is 1. The molecule has 194 valence electrons. The van der Waals surface area contributed by atoms with E-state index in [0.29, 0.717) is 61.5 Å². The van der Waals surface area contributed by atoms with Gasteiger partial charge < -0.3 is 10.5 Å². The van der Waals surface area contributed by atoms with Gasteiger partial charge >= 0.3 is 0 Å². The van der Waals surface area contributed by atoms with Crippen molar-refractivity contribution >= 4 is 58.4 Å². The highest BCUT2D eigenvalue weighted by Crippen LogP contribution is 2.39. The summed E-state index contributed by atoms with van der Waals surface area (Å²) in [6.07, 6.45) is 3.65. The van der Waals surface area contributed by atoms with Gasteiger partial charge in [-0.15, -0.1) is 0 Å². The molecule has 0 spiro atoms. The molecule has 38 heavy (non-hydrogen) atoms. The molecule has 8 heteroatoms. The summed E-state index contributed by atoms with van der Waals surface area (Å²) in [4.78, 5) is 37.4. The van der Waals surface area contributed by atoms with Crippen molar-refractivity contribution in [3.63, 3.8) is 0 Å². The number of halogens is 3. The lowest BCUT2D eigenvalue weighted by atomic mass is 9.78. The number of carbonyl (C=O) groups excluding carboxylic acids is 3. The van der Waals surface area contributed by atoms with Gasteiger partial charge in [0.15, 0.2) is 11.6 Å². The number of hydrogen-bond donors (Lipinski definition) is 1. The van der Waals surface area contributed by atoms with E-state index in [1.807, 2.05) is 0 Å². The van der Waals surface area contributed by atoms with E-state index in [9.17, 15) is 14.4 Å². The fraction of sp³-hybridized carbons (Fsp3) is 0.233. The molecule has 3 aromatic rings. The Morgan fingerprint density at radius 2 is 1.71 bits per heavy atom. The van der Waals surface area contributed by atoms with Crippen LogP contribution in [0.5, 0.6) is 5.75 Å². The van der Waals surface area contributed by atoms with E-state index in [4.69, 9.17) is 45.3 Å². The van der Waals surface area contributed by atoms with Crippen molar-refractivity contribution in [2.24, 2.45) is 11.7 Å². The smallest absolute Gasteiger partial charge is 0.170 e. The fourth-order valence-corrected chi connectivity index (χ4v) is 5.77. The number of carbonyl (C=O) groups is 3. The van der Waals surface area contributed by atoms with Crippen LogP contribution >= 0.6 is 34.8 Å². The second-order valence-electron chi connectivity index (χ2n) is 9.59. The van der Waals surface area contributed by atoms with Crippen LogP contribution in [-0.2, 0) is 11.2 Å². The quantitative estimate of drug-likeness (QED) is 0.231. The van der Waals surface area contributed by atoms with Crippen molar-refractivity contribution in [2.45, 2.75) is 31.6 Å². The van der Waals surface area contributed by atoms with Crippen LogP contribution in [0.3, 0.4) is 0 Å². The highest BCUT2D eigenvalue weighted by molar-refractivity contribution is 6.37. The topological polar surface area (TPSA) is 86.5 Å². The first-order chi connectivity index (χ1) is 18.3. The van der Waals surface area contributed by atoms with Crippen LogP contribution in [0.2, 0.25) is 15.1 Å². The maximum absolute atomic E-state index is 13.2. The van der Waals surface area contributed by atoms with Gasteiger partial charge in [0, 0.05) is 33.5 Å². The molecule has 2 aliphatic rings. The summed E-state index contributed by atoms with van der Waals surface area (Å²) < 4.78 is 5.97. The number of Topliss-reactive ketones (excluding diaryl/α,β-unsaturated/α-hetero) is 2. The molecule has 0 saturated heterocycles. The second kappa shape index (κ2) is 10.9. The Morgan fingerprint density at radius 1 is 0.974 bits per heavy atom. The zero-order valence-electron chi connectivity index (χ0n) is 20.3. The number of rotatable bonds is 8. The first kappa shape index (κ1) is 26.5. The molecule has 5 rings (SSSR count). The second-order valence-corrected chi connectivity index (χ2v) is 10.8. The lowest BCUT2D eigenvalue weighted by molar-refractivity contribution is -0.116. The first-order valence-electron chi connectivity index (χ1n) is 12.3. The molecule has 2 aliphatic carbocycles. The van der Waals surface area contributed by atoms with Crippen LogP contribution in [0, 0.1) is 5.92 Å². The number of aldehydes is 1. The highest BCUT2D eigenvalue weighted by atomic mass is 35.5. The zero-order valence-corrected chi connectivity index (χ0v) is 22.6. The molecule has 0 aliphatic heterocycles. The summed E-state index contributed by atoms with van der Waals surface area (Å²) >= 11 is 19.3. The third kappa shape index (κ3) is 5.24. The van der Waals surface area contributed by atoms with Crippen LogP contribution in [0.15, 0.2) is 60.2 Å². The summed E-state index contributed by atoms with van der Waals surface area (Å²) in [7, 11) is 0. The Hall–Kier alpha value is -3.12. The van der Waals surface area contributed by atoms with Crippen molar-refractivity contribution in [1.82, 2.24) is 0 Å². The number of hydrogen-bond acceptors (Lipinski definition) is 5. The minimum atomic E-state index is -0.393. The number of fused-ring (bicyclic) bond motifs is 1. The van der Waals surface area contributed by atoms with Crippen molar-refractivity contribution < 1.29 is 19.1 Å². The Labute approximate surface area is 235 Å². The molecule has 0 amide bonds. The number of ketones is 2. The van der Waals surface area contributed by atoms with Gasteiger partial charge in [0.05, 0.1) is 21.3 Å². The molecule has 2 N–H and O–H groups in total. The van der Waals surface area contributed by atoms with Crippen LogP contribution in [0.4, 0.5) is 0 Å². The highest BCUT2D eigenvalue weighted by Gasteiger charge is 2.34. The monoisotopic (exact) mass is 567 g/mol. The van der Waals surface area contributed by atoms with E-state index in [1.165, 1.54) is 0 Å². The van der Waals surface area contributed by atoms with E-state index >= 15 is 0 Å². The van der Waals surface area contributed by atoms with Crippen molar-refractivity contribution in [2.75, 3.05) is 6.61 Å². The van der Waals surface area contributed by atoms with Gasteiger partial charge in [-0.05, 0) is 67.1 Å². The van der Waals surface area contributed by atoms with E-state index < -0.39 is 5.92 Å². The summed E-state index contributed by atoms with van der Waals surface area (Å²) in [5.41, 5.74) is 10.1. The molecular weight excluding hydrogens is 545 g/mol. The van der Waals surface area contributed by atoms with E-state index in [1.54, 1.807) is 54.6 Å². The molecule has 1 saturated carbocycles. The minimum Gasteiger partial charge on any atom is -0.489 e. The van der Waals surface area contributed by atoms with Crippen LogP contribution in [-0.4, -0.2) is 24.5 Å². The van der Waals surface area contributed by atoms with E-state index in [0.717, 1.165) is 24.7 Å². The number of ether oxygens (including phenoxy) is 1. The third-order valence-electron chi connectivity index (χ3n) is 7.08. The van der Waals surface area contributed by atoms with Gasteiger partial charge in [0.25, 0.3) is 0 Å². The number of benzene rings is 3. The lowest BCUT2D eigenvalue weighted by Gasteiger charge is -2.25. The predicted octanol–water partition coefficient (Wildman–Crippen LogP) is 7.10. The molecule has 0 bridgehead atoms. The minimum absolute atomic E-state index is 0.0242.